The summed E-state index contributed by atoms with van der Waals surface area (Å²) in [6, 6.07) is 14.3. The number of methoxy groups -OCH3 is 1. The van der Waals surface area contributed by atoms with Crippen LogP contribution in [0.1, 0.15) is 33.9 Å². The quantitative estimate of drug-likeness (QED) is 0.781. The predicted molar refractivity (Wildman–Crippen MR) is 92.4 cm³/mol. The van der Waals surface area contributed by atoms with E-state index in [-0.39, 0.29) is 18.2 Å². The molecule has 1 amide bonds. The summed E-state index contributed by atoms with van der Waals surface area (Å²) in [7, 11) is 1.35. The molecule has 1 aliphatic heterocycles. The molecule has 3 rings (SSSR count). The maximum atomic E-state index is 12.7. The Morgan fingerprint density at radius 1 is 1.17 bits per heavy atom. The predicted octanol–water partition coefficient (Wildman–Crippen LogP) is 4.28. The normalized spacial score (nSPS) is 16.4. The molecule has 0 saturated carbocycles. The van der Waals surface area contributed by atoms with Gasteiger partial charge in [-0.2, -0.15) is 0 Å². The Kier molecular flexibility index (Phi) is 4.86. The van der Waals surface area contributed by atoms with E-state index < -0.39 is 6.09 Å². The zero-order valence-electron chi connectivity index (χ0n) is 13.4. The number of carbonyl (C=O) groups is 2. The van der Waals surface area contributed by atoms with Gasteiger partial charge in [-0.3, -0.25) is 4.79 Å². The number of nitrogens with zero attached hydrogens (tertiary/aromatic N) is 1. The maximum Gasteiger partial charge on any atom is 0.410 e. The average molecular weight is 344 g/mol. The van der Waals surface area contributed by atoms with Gasteiger partial charge in [-0.25, -0.2) is 4.79 Å². The summed E-state index contributed by atoms with van der Waals surface area (Å²) < 4.78 is 4.90. The van der Waals surface area contributed by atoms with Crippen molar-refractivity contribution in [1.82, 2.24) is 4.90 Å². The molecule has 1 atom stereocenters. The molecule has 0 saturated heterocycles. The third-order valence-electron chi connectivity index (χ3n) is 4.38. The van der Waals surface area contributed by atoms with Crippen molar-refractivity contribution in [2.24, 2.45) is 0 Å². The number of hydrogen-bond acceptors (Lipinski definition) is 3. The minimum absolute atomic E-state index is 0.0117. The van der Waals surface area contributed by atoms with Crippen LogP contribution in [0.5, 0.6) is 0 Å². The highest BCUT2D eigenvalue weighted by Crippen LogP contribution is 2.36. The summed E-state index contributed by atoms with van der Waals surface area (Å²) in [5, 5.41) is 0.675. The SMILES string of the molecule is COC(=O)N1CCc2c(Cl)cccc2C1CC(=O)c1ccccc1. The third-order valence-corrected chi connectivity index (χ3v) is 4.73. The largest absolute Gasteiger partial charge is 0.453 e. The molecule has 1 heterocycles. The molecule has 0 fully saturated rings. The molecule has 5 heteroatoms. The van der Waals surface area contributed by atoms with Gasteiger partial charge in [-0.1, -0.05) is 54.1 Å². The van der Waals surface area contributed by atoms with Crippen molar-refractivity contribution in [2.45, 2.75) is 18.9 Å². The fourth-order valence-electron chi connectivity index (χ4n) is 3.18. The summed E-state index contributed by atoms with van der Waals surface area (Å²) in [5.41, 5.74) is 2.56. The minimum Gasteiger partial charge on any atom is -0.453 e. The number of amides is 1. The van der Waals surface area contributed by atoms with Gasteiger partial charge in [0.2, 0.25) is 0 Å². The summed E-state index contributed by atoms with van der Waals surface area (Å²) >= 11 is 6.30. The smallest absolute Gasteiger partial charge is 0.410 e. The van der Waals surface area contributed by atoms with Crippen LogP contribution < -0.4 is 0 Å². The van der Waals surface area contributed by atoms with E-state index in [9.17, 15) is 9.59 Å². The van der Waals surface area contributed by atoms with Gasteiger partial charge < -0.3 is 9.64 Å². The molecule has 2 aromatic rings. The number of carbonyl (C=O) groups excluding carboxylic acids is 2. The van der Waals surface area contributed by atoms with Gasteiger partial charge >= 0.3 is 6.09 Å². The number of Topliss-reactive ketones (excluding diaryl/α,β-unsaturated/α-hetero) is 1. The molecule has 0 radical (unpaired) electrons. The summed E-state index contributed by atoms with van der Waals surface area (Å²) in [5.74, 6) is -0.0117. The van der Waals surface area contributed by atoms with Crippen molar-refractivity contribution < 1.29 is 14.3 Å². The lowest BCUT2D eigenvalue weighted by molar-refractivity contribution is 0.0837. The van der Waals surface area contributed by atoms with Crippen molar-refractivity contribution in [3.63, 3.8) is 0 Å². The second-order valence-electron chi connectivity index (χ2n) is 5.73. The lowest BCUT2D eigenvalue weighted by Crippen LogP contribution is -2.41. The number of hydrogen-bond donors (Lipinski definition) is 0. The van der Waals surface area contributed by atoms with Crippen molar-refractivity contribution in [1.29, 1.82) is 0 Å². The molecule has 0 bridgehead atoms. The van der Waals surface area contributed by atoms with Crippen LogP contribution in [-0.2, 0) is 11.2 Å². The van der Waals surface area contributed by atoms with Crippen molar-refractivity contribution in [3.05, 3.63) is 70.2 Å². The number of ketones is 1. The molecule has 2 aromatic carbocycles. The lowest BCUT2D eigenvalue weighted by Gasteiger charge is -2.36. The fourth-order valence-corrected chi connectivity index (χ4v) is 3.46. The third kappa shape index (κ3) is 3.15. The monoisotopic (exact) mass is 343 g/mol. The Bertz CT molecular complexity index is 760. The Hall–Kier alpha value is -2.33. The summed E-state index contributed by atoms with van der Waals surface area (Å²) in [6.45, 7) is 0.482. The highest BCUT2D eigenvalue weighted by molar-refractivity contribution is 6.31. The van der Waals surface area contributed by atoms with Crippen LogP contribution in [0.25, 0.3) is 0 Å². The van der Waals surface area contributed by atoms with E-state index in [4.69, 9.17) is 16.3 Å². The van der Waals surface area contributed by atoms with Crippen LogP contribution in [0.4, 0.5) is 4.79 Å². The van der Waals surface area contributed by atoms with Gasteiger partial charge in [0.1, 0.15) is 0 Å². The first-order chi connectivity index (χ1) is 11.6. The van der Waals surface area contributed by atoms with Gasteiger partial charge in [0.05, 0.1) is 13.2 Å². The van der Waals surface area contributed by atoms with E-state index >= 15 is 0 Å². The second-order valence-corrected chi connectivity index (χ2v) is 6.14. The molecular weight excluding hydrogens is 326 g/mol. The number of rotatable bonds is 3. The van der Waals surface area contributed by atoms with E-state index in [1.807, 2.05) is 36.4 Å². The lowest BCUT2D eigenvalue weighted by atomic mass is 9.88. The standard InChI is InChI=1S/C19H18ClNO3/c1-24-19(23)21-11-10-14-15(8-5-9-16(14)20)17(21)12-18(22)13-6-3-2-4-7-13/h2-9,17H,10-12H2,1H3. The highest BCUT2D eigenvalue weighted by atomic mass is 35.5. The van der Waals surface area contributed by atoms with Gasteiger partial charge in [0.25, 0.3) is 0 Å². The topological polar surface area (TPSA) is 46.6 Å². The number of benzene rings is 2. The van der Waals surface area contributed by atoms with Crippen LogP contribution in [0, 0.1) is 0 Å². The van der Waals surface area contributed by atoms with Gasteiger partial charge in [-0.15, -0.1) is 0 Å². The number of ether oxygens (including phenoxy) is 1. The average Bonchev–Trinajstić information content (AvgIpc) is 2.62. The molecule has 4 nitrogen and oxygen atoms in total. The molecule has 1 unspecified atom stereocenters. The van der Waals surface area contributed by atoms with Gasteiger partial charge in [0.15, 0.2) is 5.78 Å². The Morgan fingerprint density at radius 2 is 1.92 bits per heavy atom. The van der Waals surface area contributed by atoms with E-state index in [1.165, 1.54) is 7.11 Å². The fraction of sp³-hybridized carbons (Fsp3) is 0.263. The molecule has 0 aliphatic carbocycles. The first-order valence-electron chi connectivity index (χ1n) is 7.82. The van der Waals surface area contributed by atoms with Crippen LogP contribution in [0.3, 0.4) is 0 Å². The van der Waals surface area contributed by atoms with Gasteiger partial charge in [0, 0.05) is 23.6 Å². The Labute approximate surface area is 146 Å². The van der Waals surface area contributed by atoms with Crippen molar-refractivity contribution >= 4 is 23.5 Å². The zero-order chi connectivity index (χ0) is 17.1. The molecular formula is C19H18ClNO3. The Morgan fingerprint density at radius 3 is 2.62 bits per heavy atom. The highest BCUT2D eigenvalue weighted by Gasteiger charge is 2.33. The molecule has 124 valence electrons. The zero-order valence-corrected chi connectivity index (χ0v) is 14.1. The number of halogens is 1. The first kappa shape index (κ1) is 16.5. The van der Waals surface area contributed by atoms with Crippen LogP contribution in [-0.4, -0.2) is 30.4 Å². The minimum atomic E-state index is -0.425. The van der Waals surface area contributed by atoms with Crippen LogP contribution >= 0.6 is 11.6 Å². The van der Waals surface area contributed by atoms with E-state index in [0.717, 1.165) is 11.1 Å². The second kappa shape index (κ2) is 7.05. The Balaban J connectivity index is 1.96. The van der Waals surface area contributed by atoms with Crippen molar-refractivity contribution in [3.8, 4) is 0 Å². The molecule has 1 aliphatic rings. The molecule has 0 aromatic heterocycles. The maximum absolute atomic E-state index is 12.7. The summed E-state index contributed by atoms with van der Waals surface area (Å²) in [6.07, 6.45) is 0.429. The van der Waals surface area contributed by atoms with E-state index in [0.29, 0.717) is 23.6 Å². The van der Waals surface area contributed by atoms with Gasteiger partial charge in [-0.05, 0) is 23.6 Å². The van der Waals surface area contributed by atoms with E-state index in [1.54, 1.807) is 17.0 Å². The number of fused-ring (bicyclic) bond motifs is 1. The molecule has 0 N–H and O–H groups in total. The van der Waals surface area contributed by atoms with Crippen LogP contribution in [0.15, 0.2) is 48.5 Å². The van der Waals surface area contributed by atoms with Crippen LogP contribution in [0.2, 0.25) is 5.02 Å². The molecule has 0 spiro atoms. The summed E-state index contributed by atoms with van der Waals surface area (Å²) in [4.78, 5) is 26.4. The van der Waals surface area contributed by atoms with Crippen molar-refractivity contribution in [2.75, 3.05) is 13.7 Å². The first-order valence-corrected chi connectivity index (χ1v) is 8.19. The van der Waals surface area contributed by atoms with E-state index in [2.05, 4.69) is 0 Å². The molecule has 24 heavy (non-hydrogen) atoms.